The number of thiophene rings is 1. The molecule has 0 saturated carbocycles. The highest BCUT2D eigenvalue weighted by Crippen LogP contribution is 2.39. The molecule has 1 aliphatic rings. The van der Waals surface area contributed by atoms with Gasteiger partial charge in [0.15, 0.2) is 5.65 Å². The predicted octanol–water partition coefficient (Wildman–Crippen LogP) is 3.37. The van der Waals surface area contributed by atoms with Crippen LogP contribution in [0.15, 0.2) is 12.7 Å². The lowest BCUT2D eigenvalue weighted by molar-refractivity contribution is 0.509. The SMILES string of the molecule is C=CCNc1nc2c3c4c(sc3nc(C)n2n1)CC(C)CC4. The Labute approximate surface area is 133 Å². The maximum Gasteiger partial charge on any atom is 0.243 e. The topological polar surface area (TPSA) is 55.1 Å². The maximum atomic E-state index is 4.76. The number of aromatic nitrogens is 4. The summed E-state index contributed by atoms with van der Waals surface area (Å²) in [6, 6.07) is 0. The highest BCUT2D eigenvalue weighted by atomic mass is 32.1. The second kappa shape index (κ2) is 5.05. The molecule has 0 aromatic carbocycles. The predicted molar refractivity (Wildman–Crippen MR) is 90.8 cm³/mol. The van der Waals surface area contributed by atoms with E-state index in [-0.39, 0.29) is 0 Å². The molecular weight excluding hydrogens is 294 g/mol. The Bertz CT molecular complexity index is 876. The van der Waals surface area contributed by atoms with E-state index >= 15 is 0 Å². The Kier molecular flexibility index (Phi) is 3.14. The van der Waals surface area contributed by atoms with Crippen LogP contribution in [0.25, 0.3) is 15.9 Å². The van der Waals surface area contributed by atoms with E-state index in [0.29, 0.717) is 12.5 Å². The maximum absolute atomic E-state index is 4.76. The third-order valence-corrected chi connectivity index (χ3v) is 5.45. The summed E-state index contributed by atoms with van der Waals surface area (Å²) in [5.41, 5.74) is 2.37. The van der Waals surface area contributed by atoms with Gasteiger partial charge in [0.2, 0.25) is 5.95 Å². The van der Waals surface area contributed by atoms with Crippen LogP contribution in [0.2, 0.25) is 0 Å². The first-order valence-electron chi connectivity index (χ1n) is 7.69. The summed E-state index contributed by atoms with van der Waals surface area (Å²) in [4.78, 5) is 12.0. The van der Waals surface area contributed by atoms with Crippen LogP contribution in [-0.4, -0.2) is 26.1 Å². The molecule has 6 heteroatoms. The molecule has 3 aromatic rings. The van der Waals surface area contributed by atoms with Crippen LogP contribution in [0.1, 0.15) is 29.6 Å². The quantitative estimate of drug-likeness (QED) is 0.753. The minimum atomic E-state index is 0.640. The van der Waals surface area contributed by atoms with Crippen LogP contribution < -0.4 is 5.32 Å². The van der Waals surface area contributed by atoms with Crippen LogP contribution in [0, 0.1) is 12.8 Å². The molecule has 3 aromatic heterocycles. The Morgan fingerprint density at radius 2 is 2.32 bits per heavy atom. The van der Waals surface area contributed by atoms with Crippen LogP contribution in [0.3, 0.4) is 0 Å². The van der Waals surface area contributed by atoms with E-state index < -0.39 is 0 Å². The average Bonchev–Trinajstić information content (AvgIpc) is 3.05. The van der Waals surface area contributed by atoms with Crippen LogP contribution in [0.4, 0.5) is 5.95 Å². The van der Waals surface area contributed by atoms with Gasteiger partial charge in [-0.3, -0.25) is 0 Å². The average molecular weight is 313 g/mol. The summed E-state index contributed by atoms with van der Waals surface area (Å²) < 4.78 is 1.86. The summed E-state index contributed by atoms with van der Waals surface area (Å²) in [5, 5.41) is 8.91. The molecule has 1 atom stereocenters. The standard InChI is InChI=1S/C16H19N5S/c1-4-7-17-16-19-14-13-11-6-5-9(2)8-12(11)22-15(13)18-10(3)21(14)20-16/h4,9H,1,5-8H2,2-3H3,(H,17,20). The van der Waals surface area contributed by atoms with Gasteiger partial charge in [0.1, 0.15) is 10.7 Å². The van der Waals surface area contributed by atoms with Crippen molar-refractivity contribution in [3.63, 3.8) is 0 Å². The van der Waals surface area contributed by atoms with Gasteiger partial charge in [-0.25, -0.2) is 4.98 Å². The second-order valence-corrected chi connectivity index (χ2v) is 7.11. The largest absolute Gasteiger partial charge is 0.349 e. The highest BCUT2D eigenvalue weighted by molar-refractivity contribution is 7.19. The van der Waals surface area contributed by atoms with E-state index in [9.17, 15) is 0 Å². The summed E-state index contributed by atoms with van der Waals surface area (Å²) in [6.45, 7) is 8.69. The lowest BCUT2D eigenvalue weighted by Gasteiger charge is -2.17. The summed E-state index contributed by atoms with van der Waals surface area (Å²) >= 11 is 1.83. The van der Waals surface area contributed by atoms with Gasteiger partial charge in [-0.2, -0.15) is 9.50 Å². The molecule has 0 saturated heterocycles. The fraction of sp³-hybridized carbons (Fsp3) is 0.438. The zero-order valence-corrected chi connectivity index (χ0v) is 13.7. The summed E-state index contributed by atoms with van der Waals surface area (Å²) in [7, 11) is 0. The molecule has 1 N–H and O–H groups in total. The second-order valence-electron chi connectivity index (χ2n) is 6.03. The van der Waals surface area contributed by atoms with Crippen molar-refractivity contribution in [2.75, 3.05) is 11.9 Å². The van der Waals surface area contributed by atoms with E-state index in [0.717, 1.165) is 35.1 Å². The molecule has 114 valence electrons. The Morgan fingerprint density at radius 1 is 1.45 bits per heavy atom. The molecule has 4 rings (SSSR count). The van der Waals surface area contributed by atoms with Gasteiger partial charge in [-0.15, -0.1) is 23.0 Å². The number of fused-ring (bicyclic) bond motifs is 5. The van der Waals surface area contributed by atoms with Gasteiger partial charge >= 0.3 is 0 Å². The lowest BCUT2D eigenvalue weighted by Crippen LogP contribution is -2.08. The summed E-state index contributed by atoms with van der Waals surface area (Å²) in [6.07, 6.45) is 5.34. The Hall–Kier alpha value is -1.95. The van der Waals surface area contributed by atoms with Crippen molar-refractivity contribution in [3.05, 3.63) is 28.9 Å². The molecule has 5 nitrogen and oxygen atoms in total. The van der Waals surface area contributed by atoms with E-state index in [1.54, 1.807) is 6.08 Å². The van der Waals surface area contributed by atoms with Crippen molar-refractivity contribution in [2.45, 2.75) is 33.1 Å². The monoisotopic (exact) mass is 313 g/mol. The van der Waals surface area contributed by atoms with Crippen molar-refractivity contribution >= 4 is 33.1 Å². The molecule has 0 fully saturated rings. The fourth-order valence-corrected chi connectivity index (χ4v) is 4.60. The third-order valence-electron chi connectivity index (χ3n) is 4.30. The lowest BCUT2D eigenvalue weighted by atomic mass is 9.89. The van der Waals surface area contributed by atoms with Crippen molar-refractivity contribution in [3.8, 4) is 0 Å². The molecule has 1 aliphatic carbocycles. The first-order chi connectivity index (χ1) is 10.7. The third kappa shape index (κ3) is 2.01. The van der Waals surface area contributed by atoms with Gasteiger partial charge in [0, 0.05) is 11.4 Å². The molecule has 1 unspecified atom stereocenters. The normalized spacial score (nSPS) is 17.8. The van der Waals surface area contributed by atoms with Crippen molar-refractivity contribution in [2.24, 2.45) is 5.92 Å². The summed E-state index contributed by atoms with van der Waals surface area (Å²) in [5.74, 6) is 2.29. The minimum absolute atomic E-state index is 0.640. The molecule has 0 radical (unpaired) electrons. The smallest absolute Gasteiger partial charge is 0.243 e. The number of hydrogen-bond acceptors (Lipinski definition) is 5. The molecule has 0 amide bonds. The van der Waals surface area contributed by atoms with Crippen molar-refractivity contribution < 1.29 is 0 Å². The molecule has 22 heavy (non-hydrogen) atoms. The van der Waals surface area contributed by atoms with E-state index in [1.165, 1.54) is 22.2 Å². The number of nitrogens with zero attached hydrogens (tertiary/aromatic N) is 4. The number of anilines is 1. The van der Waals surface area contributed by atoms with Gasteiger partial charge < -0.3 is 5.32 Å². The number of aryl methyl sites for hydroxylation is 2. The van der Waals surface area contributed by atoms with Crippen LogP contribution in [-0.2, 0) is 12.8 Å². The first-order valence-corrected chi connectivity index (χ1v) is 8.51. The van der Waals surface area contributed by atoms with Crippen molar-refractivity contribution in [1.82, 2.24) is 19.6 Å². The van der Waals surface area contributed by atoms with Gasteiger partial charge in [-0.05, 0) is 37.7 Å². The van der Waals surface area contributed by atoms with Crippen molar-refractivity contribution in [1.29, 1.82) is 0 Å². The number of nitrogens with one attached hydrogen (secondary N) is 1. The zero-order chi connectivity index (χ0) is 15.3. The van der Waals surface area contributed by atoms with E-state index in [4.69, 9.17) is 9.97 Å². The highest BCUT2D eigenvalue weighted by Gasteiger charge is 2.24. The number of rotatable bonds is 3. The zero-order valence-electron chi connectivity index (χ0n) is 12.9. The molecule has 3 heterocycles. The Morgan fingerprint density at radius 3 is 3.14 bits per heavy atom. The fourth-order valence-electron chi connectivity index (χ4n) is 3.18. The van der Waals surface area contributed by atoms with E-state index in [2.05, 4.69) is 23.9 Å². The minimum Gasteiger partial charge on any atom is -0.349 e. The van der Waals surface area contributed by atoms with Crippen LogP contribution in [0.5, 0.6) is 0 Å². The molecule has 0 spiro atoms. The molecule has 0 aliphatic heterocycles. The van der Waals surface area contributed by atoms with Gasteiger partial charge in [0.25, 0.3) is 0 Å². The van der Waals surface area contributed by atoms with Gasteiger partial charge in [0.05, 0.1) is 5.39 Å². The first kappa shape index (κ1) is 13.7. The van der Waals surface area contributed by atoms with Gasteiger partial charge in [-0.1, -0.05) is 13.0 Å². The Balaban J connectivity index is 1.96. The molecular formula is C16H19N5S. The molecule has 0 bridgehead atoms. The van der Waals surface area contributed by atoms with E-state index in [1.807, 2.05) is 22.8 Å². The number of hydrogen-bond donors (Lipinski definition) is 1. The van der Waals surface area contributed by atoms with Crippen LogP contribution >= 0.6 is 11.3 Å².